The van der Waals surface area contributed by atoms with Gasteiger partial charge in [0.05, 0.1) is 0 Å². The highest BCUT2D eigenvalue weighted by atomic mass is 35.5. The van der Waals surface area contributed by atoms with Crippen molar-refractivity contribution in [1.82, 2.24) is 19.9 Å². The third-order valence-corrected chi connectivity index (χ3v) is 3.76. The Balaban J connectivity index is 1.68. The first-order chi connectivity index (χ1) is 9.26. The third-order valence-electron chi connectivity index (χ3n) is 3.59. The summed E-state index contributed by atoms with van der Waals surface area (Å²) in [4.78, 5) is 17.5. The first-order valence-electron chi connectivity index (χ1n) is 6.90. The Bertz CT molecular complexity index is 442. The summed E-state index contributed by atoms with van der Waals surface area (Å²) in [6, 6.07) is 0.835. The van der Waals surface area contributed by atoms with Crippen molar-refractivity contribution in [3.63, 3.8) is 0 Å². The lowest BCUT2D eigenvalue weighted by molar-refractivity contribution is 0.247. The van der Waals surface area contributed by atoms with Gasteiger partial charge in [-0.2, -0.15) is 15.0 Å². The van der Waals surface area contributed by atoms with Crippen LogP contribution in [0, 0.1) is 0 Å². The van der Waals surface area contributed by atoms with E-state index in [1.165, 1.54) is 12.8 Å². The molecule has 0 radical (unpaired) electrons. The topological polar surface area (TPSA) is 57.2 Å². The van der Waals surface area contributed by atoms with Crippen LogP contribution in [0.1, 0.15) is 19.8 Å². The van der Waals surface area contributed by atoms with Crippen molar-refractivity contribution in [3.8, 4) is 0 Å². The van der Waals surface area contributed by atoms with Crippen LogP contribution in [-0.2, 0) is 0 Å². The number of piperazine rings is 1. The minimum Gasteiger partial charge on any atom is -0.354 e. The van der Waals surface area contributed by atoms with Crippen molar-refractivity contribution in [2.75, 3.05) is 42.9 Å². The Morgan fingerprint density at radius 1 is 1.16 bits per heavy atom. The van der Waals surface area contributed by atoms with Crippen LogP contribution in [0.3, 0.4) is 0 Å². The maximum Gasteiger partial charge on any atom is 0.231 e. The monoisotopic (exact) mass is 282 g/mol. The molecule has 2 fully saturated rings. The predicted octanol–water partition coefficient (Wildman–Crippen LogP) is 1.24. The van der Waals surface area contributed by atoms with Gasteiger partial charge in [0.1, 0.15) is 0 Å². The maximum atomic E-state index is 5.95. The standard InChI is InChI=1S/C12H19ClN6/c1-2-14-11-15-10(13)16-12(17-11)19-7-5-18(6-8-19)9-3-4-9/h9H,2-8H2,1H3,(H,14,15,16,17). The smallest absolute Gasteiger partial charge is 0.231 e. The van der Waals surface area contributed by atoms with E-state index < -0.39 is 0 Å². The summed E-state index contributed by atoms with van der Waals surface area (Å²) in [5.74, 6) is 1.24. The molecule has 1 saturated heterocycles. The SMILES string of the molecule is CCNc1nc(Cl)nc(N2CCN(C3CC3)CC2)n1. The molecule has 0 spiro atoms. The molecule has 1 aromatic heterocycles. The number of aromatic nitrogens is 3. The summed E-state index contributed by atoms with van der Waals surface area (Å²) in [6.45, 7) is 6.88. The van der Waals surface area contributed by atoms with Crippen LogP contribution in [0.25, 0.3) is 0 Å². The van der Waals surface area contributed by atoms with E-state index in [-0.39, 0.29) is 5.28 Å². The van der Waals surface area contributed by atoms with E-state index in [1.807, 2.05) is 6.92 Å². The molecule has 7 heteroatoms. The number of halogens is 1. The molecule has 0 aromatic carbocycles. The van der Waals surface area contributed by atoms with E-state index in [9.17, 15) is 0 Å². The van der Waals surface area contributed by atoms with E-state index in [0.717, 1.165) is 38.8 Å². The minimum absolute atomic E-state index is 0.255. The van der Waals surface area contributed by atoms with Crippen LogP contribution in [0.4, 0.5) is 11.9 Å². The highest BCUT2D eigenvalue weighted by Crippen LogP contribution is 2.28. The quantitative estimate of drug-likeness (QED) is 0.897. The van der Waals surface area contributed by atoms with Gasteiger partial charge in [-0.25, -0.2) is 0 Å². The molecule has 0 unspecified atom stereocenters. The van der Waals surface area contributed by atoms with Crippen LogP contribution in [0.2, 0.25) is 5.28 Å². The molecule has 0 atom stereocenters. The highest BCUT2D eigenvalue weighted by Gasteiger charge is 2.31. The zero-order valence-corrected chi connectivity index (χ0v) is 11.9. The lowest BCUT2D eigenvalue weighted by Crippen LogP contribution is -2.47. The summed E-state index contributed by atoms with van der Waals surface area (Å²) in [6.07, 6.45) is 2.73. The fourth-order valence-corrected chi connectivity index (χ4v) is 2.60. The zero-order valence-electron chi connectivity index (χ0n) is 11.1. The van der Waals surface area contributed by atoms with Crippen molar-refractivity contribution in [2.45, 2.75) is 25.8 Å². The Hall–Kier alpha value is -1.14. The van der Waals surface area contributed by atoms with E-state index >= 15 is 0 Å². The van der Waals surface area contributed by atoms with Crippen molar-refractivity contribution >= 4 is 23.5 Å². The van der Waals surface area contributed by atoms with Gasteiger partial charge in [0.15, 0.2) is 0 Å². The normalized spacial score (nSPS) is 20.6. The van der Waals surface area contributed by atoms with Gasteiger partial charge in [0.25, 0.3) is 0 Å². The average molecular weight is 283 g/mol. The molecular formula is C12H19ClN6. The fraction of sp³-hybridized carbons (Fsp3) is 0.750. The van der Waals surface area contributed by atoms with Crippen LogP contribution in [0.15, 0.2) is 0 Å². The van der Waals surface area contributed by atoms with Gasteiger partial charge in [-0.05, 0) is 31.4 Å². The van der Waals surface area contributed by atoms with E-state index in [2.05, 4.69) is 30.1 Å². The average Bonchev–Trinajstić information content (AvgIpc) is 3.23. The molecule has 1 saturated carbocycles. The second kappa shape index (κ2) is 5.46. The first kappa shape index (κ1) is 12.9. The van der Waals surface area contributed by atoms with E-state index in [1.54, 1.807) is 0 Å². The van der Waals surface area contributed by atoms with Gasteiger partial charge < -0.3 is 10.2 Å². The molecule has 2 aliphatic rings. The summed E-state index contributed by atoms with van der Waals surface area (Å²) in [7, 11) is 0. The highest BCUT2D eigenvalue weighted by molar-refractivity contribution is 6.28. The Morgan fingerprint density at radius 2 is 1.89 bits per heavy atom. The van der Waals surface area contributed by atoms with Gasteiger partial charge >= 0.3 is 0 Å². The number of nitrogens with one attached hydrogen (secondary N) is 1. The van der Waals surface area contributed by atoms with Gasteiger partial charge in [0, 0.05) is 38.8 Å². The predicted molar refractivity (Wildman–Crippen MR) is 75.8 cm³/mol. The van der Waals surface area contributed by atoms with E-state index in [0.29, 0.717) is 11.9 Å². The van der Waals surface area contributed by atoms with Crippen molar-refractivity contribution < 1.29 is 0 Å². The number of rotatable bonds is 4. The molecule has 3 rings (SSSR count). The van der Waals surface area contributed by atoms with Gasteiger partial charge in [-0.3, -0.25) is 4.90 Å². The van der Waals surface area contributed by atoms with Crippen LogP contribution in [0.5, 0.6) is 0 Å². The maximum absolute atomic E-state index is 5.95. The molecule has 0 bridgehead atoms. The molecule has 0 amide bonds. The fourth-order valence-electron chi connectivity index (χ4n) is 2.44. The van der Waals surface area contributed by atoms with Gasteiger partial charge in [-0.15, -0.1) is 0 Å². The van der Waals surface area contributed by atoms with E-state index in [4.69, 9.17) is 11.6 Å². The Labute approximate surface area is 118 Å². The van der Waals surface area contributed by atoms with Crippen molar-refractivity contribution in [2.24, 2.45) is 0 Å². The lowest BCUT2D eigenvalue weighted by Gasteiger charge is -2.34. The van der Waals surface area contributed by atoms with Crippen LogP contribution in [-0.4, -0.2) is 58.6 Å². The summed E-state index contributed by atoms with van der Waals surface area (Å²) < 4.78 is 0. The molecular weight excluding hydrogens is 264 g/mol. The van der Waals surface area contributed by atoms with Crippen molar-refractivity contribution in [3.05, 3.63) is 5.28 Å². The lowest BCUT2D eigenvalue weighted by atomic mass is 10.3. The minimum atomic E-state index is 0.255. The molecule has 1 aliphatic carbocycles. The molecule has 1 aliphatic heterocycles. The summed E-state index contributed by atoms with van der Waals surface area (Å²) in [5, 5.41) is 3.34. The molecule has 19 heavy (non-hydrogen) atoms. The first-order valence-corrected chi connectivity index (χ1v) is 7.28. The molecule has 2 heterocycles. The zero-order chi connectivity index (χ0) is 13.2. The number of hydrogen-bond acceptors (Lipinski definition) is 6. The number of nitrogens with zero attached hydrogens (tertiary/aromatic N) is 5. The van der Waals surface area contributed by atoms with Crippen molar-refractivity contribution in [1.29, 1.82) is 0 Å². The molecule has 1 N–H and O–H groups in total. The van der Waals surface area contributed by atoms with Gasteiger partial charge in [0.2, 0.25) is 17.2 Å². The molecule has 6 nitrogen and oxygen atoms in total. The number of anilines is 2. The molecule has 1 aromatic rings. The Morgan fingerprint density at radius 3 is 2.53 bits per heavy atom. The largest absolute Gasteiger partial charge is 0.354 e. The third kappa shape index (κ3) is 3.06. The van der Waals surface area contributed by atoms with Gasteiger partial charge in [-0.1, -0.05) is 0 Å². The second-order valence-corrected chi connectivity index (χ2v) is 5.35. The summed E-state index contributed by atoms with van der Waals surface area (Å²) >= 11 is 5.95. The Kier molecular flexibility index (Phi) is 3.70. The van der Waals surface area contributed by atoms with Crippen LogP contribution < -0.4 is 10.2 Å². The number of hydrogen-bond donors (Lipinski definition) is 1. The second-order valence-electron chi connectivity index (χ2n) is 5.01. The van der Waals surface area contributed by atoms with Crippen LogP contribution >= 0.6 is 11.6 Å². The molecule has 104 valence electrons. The summed E-state index contributed by atoms with van der Waals surface area (Å²) in [5.41, 5.74) is 0.